The van der Waals surface area contributed by atoms with Crippen LogP contribution in [-0.2, 0) is 0 Å². The molecule has 0 N–H and O–H groups in total. The van der Waals surface area contributed by atoms with Gasteiger partial charge in [-0.3, -0.25) is 0 Å². The van der Waals surface area contributed by atoms with Gasteiger partial charge in [-0.05, 0) is 65.8 Å². The molecular formula is C14H22NO2-. The Hall–Kier alpha value is -1.22. The average molecular weight is 236 g/mol. The number of hydrogen-bond acceptors (Lipinski definition) is 3. The van der Waals surface area contributed by atoms with Crippen molar-refractivity contribution < 1.29 is 4.74 Å². The van der Waals surface area contributed by atoms with Crippen LogP contribution in [0.3, 0.4) is 0 Å². The third kappa shape index (κ3) is 4.27. The number of hydroxylamine groups is 1. The first kappa shape index (κ1) is 13.8. The number of ether oxygens (including phenoxy) is 1. The molecule has 0 bridgehead atoms. The summed E-state index contributed by atoms with van der Waals surface area (Å²) in [5, 5.41) is 12.9. The maximum Gasteiger partial charge on any atom is 0.120 e. The Balaban J connectivity index is 2.82. The summed E-state index contributed by atoms with van der Waals surface area (Å²) in [6, 6.07) is 7.24. The molecule has 1 aromatic carbocycles. The average Bonchev–Trinajstić information content (AvgIpc) is 2.14. The Morgan fingerprint density at radius 3 is 1.76 bits per heavy atom. The van der Waals surface area contributed by atoms with Crippen molar-refractivity contribution in [3.63, 3.8) is 0 Å². The molecule has 1 aromatic rings. The Labute approximate surface area is 104 Å². The highest BCUT2D eigenvalue weighted by atomic mass is 16.5. The third-order valence-corrected chi connectivity index (χ3v) is 2.10. The molecule has 1 rings (SSSR count). The Morgan fingerprint density at radius 1 is 0.941 bits per heavy atom. The van der Waals surface area contributed by atoms with E-state index in [1.807, 2.05) is 53.7 Å². The quantitative estimate of drug-likeness (QED) is 0.729. The molecule has 0 saturated heterocycles. The SMILES string of the molecule is CC(C)(C)Oc1ccc(N([O-])C(C)(C)C)cc1. The van der Waals surface area contributed by atoms with Crippen molar-refractivity contribution in [2.75, 3.05) is 5.06 Å². The van der Waals surface area contributed by atoms with Crippen LogP contribution in [0.5, 0.6) is 5.75 Å². The minimum Gasteiger partial charge on any atom is -0.758 e. The summed E-state index contributed by atoms with van der Waals surface area (Å²) in [6.07, 6.45) is 0. The monoisotopic (exact) mass is 236 g/mol. The number of nitrogens with zero attached hydrogens (tertiary/aromatic N) is 1. The maximum atomic E-state index is 11.9. The number of anilines is 1. The zero-order valence-corrected chi connectivity index (χ0v) is 11.6. The molecule has 0 fully saturated rings. The maximum absolute atomic E-state index is 11.9. The van der Waals surface area contributed by atoms with Gasteiger partial charge in [0.15, 0.2) is 0 Å². The summed E-state index contributed by atoms with van der Waals surface area (Å²) in [5.74, 6) is 0.781. The normalized spacial score (nSPS) is 12.4. The molecule has 17 heavy (non-hydrogen) atoms. The molecule has 0 amide bonds. The van der Waals surface area contributed by atoms with Crippen LogP contribution in [0.4, 0.5) is 5.69 Å². The van der Waals surface area contributed by atoms with Gasteiger partial charge in [0.1, 0.15) is 11.4 Å². The van der Waals surface area contributed by atoms with E-state index in [1.165, 1.54) is 0 Å². The lowest BCUT2D eigenvalue weighted by Gasteiger charge is -2.43. The van der Waals surface area contributed by atoms with Crippen molar-refractivity contribution in [1.82, 2.24) is 0 Å². The van der Waals surface area contributed by atoms with Gasteiger partial charge in [0.05, 0.1) is 0 Å². The van der Waals surface area contributed by atoms with E-state index >= 15 is 0 Å². The van der Waals surface area contributed by atoms with Crippen molar-refractivity contribution in [2.24, 2.45) is 0 Å². The highest BCUT2D eigenvalue weighted by Gasteiger charge is 2.14. The summed E-state index contributed by atoms with van der Waals surface area (Å²) < 4.78 is 5.70. The van der Waals surface area contributed by atoms with E-state index in [4.69, 9.17) is 4.74 Å². The second-order valence-electron chi connectivity index (χ2n) is 6.17. The van der Waals surface area contributed by atoms with Gasteiger partial charge >= 0.3 is 0 Å². The molecule has 0 aliphatic carbocycles. The van der Waals surface area contributed by atoms with E-state index in [0.29, 0.717) is 5.69 Å². The summed E-state index contributed by atoms with van der Waals surface area (Å²) in [5.41, 5.74) is 0.00788. The Kier molecular flexibility index (Phi) is 3.72. The highest BCUT2D eigenvalue weighted by Crippen LogP contribution is 2.26. The van der Waals surface area contributed by atoms with Crippen molar-refractivity contribution in [2.45, 2.75) is 52.7 Å². The van der Waals surface area contributed by atoms with E-state index in [0.717, 1.165) is 10.8 Å². The second kappa shape index (κ2) is 4.57. The first-order valence-electron chi connectivity index (χ1n) is 5.86. The summed E-state index contributed by atoms with van der Waals surface area (Å²) in [6.45, 7) is 11.7. The van der Waals surface area contributed by atoms with Gasteiger partial charge < -0.3 is 15.0 Å². The van der Waals surface area contributed by atoms with Gasteiger partial charge in [-0.2, -0.15) is 0 Å². The zero-order chi connectivity index (χ0) is 13.3. The van der Waals surface area contributed by atoms with Gasteiger partial charge in [0, 0.05) is 11.2 Å². The van der Waals surface area contributed by atoms with Gasteiger partial charge in [-0.25, -0.2) is 0 Å². The van der Waals surface area contributed by atoms with Gasteiger partial charge in [0.2, 0.25) is 0 Å². The van der Waals surface area contributed by atoms with E-state index in [-0.39, 0.29) is 5.60 Å². The molecule has 0 spiro atoms. The van der Waals surface area contributed by atoms with Crippen LogP contribution in [0.15, 0.2) is 24.3 Å². The molecule has 3 nitrogen and oxygen atoms in total. The topological polar surface area (TPSA) is 35.5 Å². The van der Waals surface area contributed by atoms with Gasteiger partial charge in [-0.15, -0.1) is 0 Å². The van der Waals surface area contributed by atoms with Crippen molar-refractivity contribution in [3.05, 3.63) is 29.5 Å². The molecule has 0 aliphatic heterocycles. The predicted octanol–water partition coefficient (Wildman–Crippen LogP) is 3.97. The van der Waals surface area contributed by atoms with Crippen LogP contribution >= 0.6 is 0 Å². The van der Waals surface area contributed by atoms with Gasteiger partial charge in [-0.1, -0.05) is 0 Å². The molecule has 3 heteroatoms. The molecular weight excluding hydrogens is 214 g/mol. The molecule has 0 heterocycles. The fraction of sp³-hybridized carbons (Fsp3) is 0.571. The van der Waals surface area contributed by atoms with E-state index in [2.05, 4.69) is 0 Å². The van der Waals surface area contributed by atoms with Crippen LogP contribution < -0.4 is 9.80 Å². The zero-order valence-electron chi connectivity index (χ0n) is 11.6. The lowest BCUT2D eigenvalue weighted by atomic mass is 10.1. The van der Waals surface area contributed by atoms with Crippen LogP contribution in [0.1, 0.15) is 41.5 Å². The number of benzene rings is 1. The Morgan fingerprint density at radius 2 is 1.41 bits per heavy atom. The molecule has 96 valence electrons. The minimum atomic E-state index is -0.424. The van der Waals surface area contributed by atoms with E-state index < -0.39 is 5.54 Å². The van der Waals surface area contributed by atoms with Crippen LogP contribution in [0.25, 0.3) is 0 Å². The fourth-order valence-electron chi connectivity index (χ4n) is 1.39. The Bertz CT molecular complexity index is 357. The largest absolute Gasteiger partial charge is 0.758 e. The minimum absolute atomic E-state index is 0.220. The molecule has 0 saturated carbocycles. The lowest BCUT2D eigenvalue weighted by molar-refractivity contribution is 0.131. The smallest absolute Gasteiger partial charge is 0.120 e. The first-order chi connectivity index (χ1) is 7.59. The summed E-state index contributed by atoms with van der Waals surface area (Å²) >= 11 is 0. The van der Waals surface area contributed by atoms with Gasteiger partial charge in [0.25, 0.3) is 0 Å². The number of rotatable bonds is 2. The molecule has 0 radical (unpaired) electrons. The predicted molar refractivity (Wildman–Crippen MR) is 72.4 cm³/mol. The molecule has 0 atom stereocenters. The highest BCUT2D eigenvalue weighted by molar-refractivity contribution is 5.51. The van der Waals surface area contributed by atoms with Crippen LogP contribution in [-0.4, -0.2) is 11.1 Å². The van der Waals surface area contributed by atoms with Crippen LogP contribution in [0, 0.1) is 5.21 Å². The second-order valence-corrected chi connectivity index (χ2v) is 6.17. The molecule has 0 unspecified atom stereocenters. The van der Waals surface area contributed by atoms with Crippen molar-refractivity contribution >= 4 is 5.69 Å². The first-order valence-corrected chi connectivity index (χ1v) is 5.86. The molecule has 0 aromatic heterocycles. The summed E-state index contributed by atoms with van der Waals surface area (Å²) in [4.78, 5) is 0. The van der Waals surface area contributed by atoms with Crippen LogP contribution in [0.2, 0.25) is 0 Å². The van der Waals surface area contributed by atoms with Crippen molar-refractivity contribution in [1.29, 1.82) is 0 Å². The third-order valence-electron chi connectivity index (χ3n) is 2.10. The van der Waals surface area contributed by atoms with E-state index in [1.54, 1.807) is 12.1 Å². The number of hydrogen-bond donors (Lipinski definition) is 0. The van der Waals surface area contributed by atoms with Crippen molar-refractivity contribution in [3.8, 4) is 5.75 Å². The molecule has 0 aliphatic rings. The standard InChI is InChI=1S/C14H22NO2/c1-13(2,3)15(16)11-7-9-12(10-8-11)17-14(4,5)6/h7-10H,1-6H3/q-1. The lowest BCUT2D eigenvalue weighted by Crippen LogP contribution is -2.36. The summed E-state index contributed by atoms with van der Waals surface area (Å²) in [7, 11) is 0. The fourth-order valence-corrected chi connectivity index (χ4v) is 1.39. The van der Waals surface area contributed by atoms with E-state index in [9.17, 15) is 5.21 Å².